The fourth-order valence-electron chi connectivity index (χ4n) is 1.10. The van der Waals surface area contributed by atoms with Gasteiger partial charge >= 0.3 is 0 Å². The van der Waals surface area contributed by atoms with Crippen molar-refractivity contribution in [3.63, 3.8) is 0 Å². The van der Waals surface area contributed by atoms with E-state index in [1.807, 2.05) is 38.1 Å². The average Bonchev–Trinajstić information content (AvgIpc) is 2.31. The van der Waals surface area contributed by atoms with Crippen LogP contribution in [0.3, 0.4) is 0 Å². The van der Waals surface area contributed by atoms with Gasteiger partial charge in [-0.3, -0.25) is 0 Å². The van der Waals surface area contributed by atoms with Gasteiger partial charge in [-0.15, -0.1) is 0 Å². The molecule has 0 saturated carbocycles. The molecular formula is C12H18O4. The van der Waals surface area contributed by atoms with E-state index < -0.39 is 0 Å². The van der Waals surface area contributed by atoms with Crippen LogP contribution in [0.15, 0.2) is 24.3 Å². The van der Waals surface area contributed by atoms with Gasteiger partial charge in [0.25, 0.3) is 0 Å². The minimum absolute atomic E-state index is 0.317. The molecule has 0 radical (unpaired) electrons. The number of hydrogen-bond donors (Lipinski definition) is 0. The molecule has 0 amide bonds. The lowest BCUT2D eigenvalue weighted by Crippen LogP contribution is -2.17. The van der Waals surface area contributed by atoms with Gasteiger partial charge in [-0.1, -0.05) is 12.1 Å². The molecule has 0 aliphatic carbocycles. The molecule has 90 valence electrons. The number of rotatable bonds is 6. The van der Waals surface area contributed by atoms with Gasteiger partial charge in [-0.25, -0.2) is 0 Å². The summed E-state index contributed by atoms with van der Waals surface area (Å²) < 4.78 is 21.1. The van der Waals surface area contributed by atoms with Crippen molar-refractivity contribution in [1.29, 1.82) is 0 Å². The van der Waals surface area contributed by atoms with Crippen LogP contribution in [0.5, 0.6) is 11.5 Å². The van der Waals surface area contributed by atoms with Crippen molar-refractivity contribution in [3.05, 3.63) is 24.3 Å². The van der Waals surface area contributed by atoms with Gasteiger partial charge in [0.2, 0.25) is 0 Å². The third-order valence-corrected chi connectivity index (χ3v) is 2.10. The van der Waals surface area contributed by atoms with E-state index in [1.54, 1.807) is 14.2 Å². The number of hydrogen-bond acceptors (Lipinski definition) is 4. The van der Waals surface area contributed by atoms with Crippen molar-refractivity contribution < 1.29 is 18.9 Å². The van der Waals surface area contributed by atoms with E-state index in [1.165, 1.54) is 0 Å². The van der Waals surface area contributed by atoms with Crippen molar-refractivity contribution in [2.45, 2.75) is 26.4 Å². The molecule has 0 aliphatic rings. The molecule has 4 heteroatoms. The summed E-state index contributed by atoms with van der Waals surface area (Å²) >= 11 is 0. The molecule has 1 aromatic rings. The summed E-state index contributed by atoms with van der Waals surface area (Å²) in [6, 6.07) is 7.41. The molecule has 0 heterocycles. The van der Waals surface area contributed by atoms with Crippen LogP contribution < -0.4 is 9.47 Å². The molecule has 0 spiro atoms. The zero-order chi connectivity index (χ0) is 12.0. The second-order valence-corrected chi connectivity index (χ2v) is 3.29. The SMILES string of the molecule is COC(C)Oc1ccccc1OC(C)OC. The number of benzene rings is 1. The summed E-state index contributed by atoms with van der Waals surface area (Å²) in [6.45, 7) is 3.63. The van der Waals surface area contributed by atoms with Crippen LogP contribution in [-0.2, 0) is 9.47 Å². The lowest BCUT2D eigenvalue weighted by molar-refractivity contribution is -0.0553. The minimum atomic E-state index is -0.317. The van der Waals surface area contributed by atoms with Crippen LogP contribution in [0, 0.1) is 0 Å². The van der Waals surface area contributed by atoms with E-state index >= 15 is 0 Å². The largest absolute Gasteiger partial charge is 0.461 e. The molecule has 1 rings (SSSR count). The summed E-state index contributed by atoms with van der Waals surface area (Å²) in [7, 11) is 3.18. The summed E-state index contributed by atoms with van der Waals surface area (Å²) in [5.74, 6) is 1.28. The molecule has 4 nitrogen and oxygen atoms in total. The predicted octanol–water partition coefficient (Wildman–Crippen LogP) is 2.43. The molecule has 0 aromatic heterocycles. The fraction of sp³-hybridized carbons (Fsp3) is 0.500. The highest BCUT2D eigenvalue weighted by molar-refractivity contribution is 5.39. The van der Waals surface area contributed by atoms with Crippen LogP contribution >= 0.6 is 0 Å². The van der Waals surface area contributed by atoms with Crippen LogP contribution in [0.25, 0.3) is 0 Å². The predicted molar refractivity (Wildman–Crippen MR) is 60.6 cm³/mol. The van der Waals surface area contributed by atoms with Gasteiger partial charge in [0.15, 0.2) is 24.1 Å². The monoisotopic (exact) mass is 226 g/mol. The maximum atomic E-state index is 5.54. The van der Waals surface area contributed by atoms with Crippen molar-refractivity contribution in [2.75, 3.05) is 14.2 Å². The maximum Gasteiger partial charge on any atom is 0.196 e. The van der Waals surface area contributed by atoms with Crippen molar-refractivity contribution in [2.24, 2.45) is 0 Å². The number of para-hydroxylation sites is 2. The Morgan fingerprint density at radius 3 is 1.50 bits per heavy atom. The Hall–Kier alpha value is -1.26. The lowest BCUT2D eigenvalue weighted by Gasteiger charge is -2.18. The Morgan fingerprint density at radius 1 is 0.812 bits per heavy atom. The standard InChI is InChI=1S/C12H18O4/c1-9(13-3)15-11-7-5-6-8-12(11)16-10(2)14-4/h5-10H,1-4H3. The van der Waals surface area contributed by atoms with Crippen molar-refractivity contribution in [1.82, 2.24) is 0 Å². The number of ether oxygens (including phenoxy) is 4. The van der Waals surface area contributed by atoms with Crippen molar-refractivity contribution in [3.8, 4) is 11.5 Å². The van der Waals surface area contributed by atoms with Gasteiger partial charge in [0.1, 0.15) is 0 Å². The van der Waals surface area contributed by atoms with Crippen LogP contribution in [0.4, 0.5) is 0 Å². The summed E-state index contributed by atoms with van der Waals surface area (Å²) in [5.41, 5.74) is 0. The van der Waals surface area contributed by atoms with E-state index in [4.69, 9.17) is 18.9 Å². The Bertz CT molecular complexity index is 283. The second kappa shape index (κ2) is 6.35. The zero-order valence-electron chi connectivity index (χ0n) is 10.1. The minimum Gasteiger partial charge on any atom is -0.461 e. The van der Waals surface area contributed by atoms with Crippen molar-refractivity contribution >= 4 is 0 Å². The lowest BCUT2D eigenvalue weighted by atomic mass is 10.3. The quantitative estimate of drug-likeness (QED) is 0.698. The fourth-order valence-corrected chi connectivity index (χ4v) is 1.10. The van der Waals surface area contributed by atoms with E-state index in [0.29, 0.717) is 11.5 Å². The number of methoxy groups -OCH3 is 2. The van der Waals surface area contributed by atoms with Gasteiger partial charge < -0.3 is 18.9 Å². The van der Waals surface area contributed by atoms with Crippen LogP contribution in [0.1, 0.15) is 13.8 Å². The third-order valence-electron chi connectivity index (χ3n) is 2.10. The molecule has 0 bridgehead atoms. The highest BCUT2D eigenvalue weighted by atomic mass is 16.7. The molecule has 0 N–H and O–H groups in total. The Labute approximate surface area is 96.1 Å². The highest BCUT2D eigenvalue weighted by Gasteiger charge is 2.10. The van der Waals surface area contributed by atoms with Crippen LogP contribution in [-0.4, -0.2) is 26.8 Å². The molecule has 1 aromatic carbocycles. The normalized spacial score (nSPS) is 14.2. The first-order valence-corrected chi connectivity index (χ1v) is 5.15. The van der Waals surface area contributed by atoms with Gasteiger partial charge in [0, 0.05) is 14.2 Å². The van der Waals surface area contributed by atoms with E-state index in [0.717, 1.165) is 0 Å². The Balaban J connectivity index is 2.75. The summed E-state index contributed by atoms with van der Waals surface area (Å²) in [4.78, 5) is 0. The summed E-state index contributed by atoms with van der Waals surface area (Å²) in [5, 5.41) is 0. The molecule has 0 fully saturated rings. The van der Waals surface area contributed by atoms with Gasteiger partial charge in [0.05, 0.1) is 0 Å². The molecule has 16 heavy (non-hydrogen) atoms. The molecule has 2 atom stereocenters. The molecule has 0 aliphatic heterocycles. The van der Waals surface area contributed by atoms with Crippen LogP contribution in [0.2, 0.25) is 0 Å². The Morgan fingerprint density at radius 2 is 1.19 bits per heavy atom. The average molecular weight is 226 g/mol. The maximum absolute atomic E-state index is 5.54. The first-order valence-electron chi connectivity index (χ1n) is 5.15. The molecule has 2 unspecified atom stereocenters. The van der Waals surface area contributed by atoms with E-state index in [9.17, 15) is 0 Å². The molecule has 0 saturated heterocycles. The Kier molecular flexibility index (Phi) is 5.08. The van der Waals surface area contributed by atoms with Gasteiger partial charge in [-0.05, 0) is 26.0 Å². The van der Waals surface area contributed by atoms with E-state index in [-0.39, 0.29) is 12.6 Å². The third kappa shape index (κ3) is 3.72. The first kappa shape index (κ1) is 12.8. The van der Waals surface area contributed by atoms with Gasteiger partial charge in [-0.2, -0.15) is 0 Å². The first-order chi connectivity index (χ1) is 7.67. The zero-order valence-corrected chi connectivity index (χ0v) is 10.1. The topological polar surface area (TPSA) is 36.9 Å². The smallest absolute Gasteiger partial charge is 0.196 e. The highest BCUT2D eigenvalue weighted by Crippen LogP contribution is 2.28. The second-order valence-electron chi connectivity index (χ2n) is 3.29. The summed E-state index contributed by atoms with van der Waals surface area (Å²) in [6.07, 6.45) is -0.634. The molecular weight excluding hydrogens is 208 g/mol. The van der Waals surface area contributed by atoms with E-state index in [2.05, 4.69) is 0 Å².